The van der Waals surface area contributed by atoms with Crippen LogP contribution in [-0.4, -0.2) is 46.1 Å². The summed E-state index contributed by atoms with van der Waals surface area (Å²) >= 11 is 0. The Hall–Kier alpha value is -3.10. The number of anilines is 1. The minimum absolute atomic E-state index is 0.0461. The number of carbonyl (C=O) groups is 2. The molecule has 146 valence electrons. The molecule has 1 aromatic carbocycles. The van der Waals surface area contributed by atoms with Gasteiger partial charge in [0.15, 0.2) is 5.82 Å². The minimum Gasteiger partial charge on any atom is -0.447 e. The van der Waals surface area contributed by atoms with Gasteiger partial charge < -0.3 is 15.0 Å². The number of halogens is 2. The number of amides is 2. The molecular formula is C19H18F2N4O3. The Morgan fingerprint density at radius 2 is 2.00 bits per heavy atom. The zero-order chi connectivity index (χ0) is 19.7. The third-order valence-corrected chi connectivity index (χ3v) is 5.01. The summed E-state index contributed by atoms with van der Waals surface area (Å²) in [5.41, 5.74) is 0.567. The summed E-state index contributed by atoms with van der Waals surface area (Å²) < 4.78 is 31.7. The molecule has 2 amide bonds. The lowest BCUT2D eigenvalue weighted by atomic mass is 9.89. The molecule has 7 nitrogen and oxygen atoms in total. The van der Waals surface area contributed by atoms with E-state index in [2.05, 4.69) is 15.3 Å². The number of hydrogen-bond donors (Lipinski definition) is 1. The molecule has 2 aromatic rings. The van der Waals surface area contributed by atoms with Gasteiger partial charge in [-0.3, -0.25) is 9.78 Å². The van der Waals surface area contributed by atoms with Crippen LogP contribution in [0.4, 0.5) is 19.4 Å². The molecule has 0 bridgehead atoms. The first-order valence-electron chi connectivity index (χ1n) is 8.99. The Morgan fingerprint density at radius 1 is 1.21 bits per heavy atom. The molecule has 0 spiro atoms. The van der Waals surface area contributed by atoms with E-state index in [-0.39, 0.29) is 35.3 Å². The van der Waals surface area contributed by atoms with Crippen molar-refractivity contribution in [2.24, 2.45) is 5.92 Å². The fourth-order valence-electron chi connectivity index (χ4n) is 3.67. The average molecular weight is 388 g/mol. The lowest BCUT2D eigenvalue weighted by Gasteiger charge is -2.31. The smallest absolute Gasteiger partial charge is 0.410 e. The van der Waals surface area contributed by atoms with Gasteiger partial charge in [0.25, 0.3) is 0 Å². The summed E-state index contributed by atoms with van der Waals surface area (Å²) in [5.74, 6) is -1.16. The number of cyclic esters (lactones) is 1. The molecule has 2 atom stereocenters. The molecule has 9 heteroatoms. The second-order valence-corrected chi connectivity index (χ2v) is 7.01. The van der Waals surface area contributed by atoms with Crippen LogP contribution in [-0.2, 0) is 9.53 Å². The molecule has 2 aliphatic rings. The van der Waals surface area contributed by atoms with Crippen molar-refractivity contribution < 1.29 is 23.1 Å². The lowest BCUT2D eigenvalue weighted by Crippen LogP contribution is -2.41. The highest BCUT2D eigenvalue weighted by molar-refractivity contribution is 5.89. The second-order valence-electron chi connectivity index (χ2n) is 7.01. The normalized spacial score (nSPS) is 21.2. The number of aromatic nitrogens is 2. The molecule has 4 rings (SSSR count). The van der Waals surface area contributed by atoms with Crippen LogP contribution in [0.15, 0.2) is 30.6 Å². The Morgan fingerprint density at radius 3 is 2.71 bits per heavy atom. The van der Waals surface area contributed by atoms with Gasteiger partial charge >= 0.3 is 6.09 Å². The molecule has 1 N–H and O–H groups in total. The molecule has 2 fully saturated rings. The van der Waals surface area contributed by atoms with Gasteiger partial charge in [-0.25, -0.2) is 18.6 Å². The summed E-state index contributed by atoms with van der Waals surface area (Å²) in [7, 11) is 0. The van der Waals surface area contributed by atoms with E-state index in [0.717, 1.165) is 31.0 Å². The fraction of sp³-hybridized carbons (Fsp3) is 0.368. The van der Waals surface area contributed by atoms with Crippen molar-refractivity contribution in [3.8, 4) is 11.3 Å². The number of nitrogens with zero attached hydrogens (tertiary/aromatic N) is 3. The van der Waals surface area contributed by atoms with Gasteiger partial charge in [0.1, 0.15) is 18.2 Å². The Balaban J connectivity index is 1.34. The summed E-state index contributed by atoms with van der Waals surface area (Å²) in [6.07, 6.45) is 4.22. The molecule has 0 radical (unpaired) electrons. The molecule has 0 unspecified atom stereocenters. The first kappa shape index (κ1) is 18.3. The third-order valence-electron chi connectivity index (χ3n) is 5.01. The SMILES string of the molecule is O=C(C[C@H]1CCN2C(=O)OC[C@H]2C1)Nc1cnc(-c2cc(F)cc(F)c2)cn1. The van der Waals surface area contributed by atoms with Crippen molar-refractivity contribution in [1.82, 2.24) is 14.9 Å². The average Bonchev–Trinajstić information content (AvgIpc) is 3.02. The van der Waals surface area contributed by atoms with Gasteiger partial charge in [-0.05, 0) is 30.9 Å². The van der Waals surface area contributed by atoms with Crippen LogP contribution in [0.2, 0.25) is 0 Å². The van der Waals surface area contributed by atoms with Crippen molar-refractivity contribution in [1.29, 1.82) is 0 Å². The van der Waals surface area contributed by atoms with Gasteiger partial charge in [0.2, 0.25) is 5.91 Å². The molecule has 3 heterocycles. The number of rotatable bonds is 4. The maximum absolute atomic E-state index is 13.3. The first-order chi connectivity index (χ1) is 13.5. The predicted molar refractivity (Wildman–Crippen MR) is 95.2 cm³/mol. The maximum atomic E-state index is 13.3. The first-order valence-corrected chi connectivity index (χ1v) is 8.99. The van der Waals surface area contributed by atoms with Crippen LogP contribution in [0.5, 0.6) is 0 Å². The lowest BCUT2D eigenvalue weighted by molar-refractivity contribution is -0.117. The van der Waals surface area contributed by atoms with Gasteiger partial charge in [-0.15, -0.1) is 0 Å². The van der Waals surface area contributed by atoms with E-state index in [1.807, 2.05) is 0 Å². The van der Waals surface area contributed by atoms with E-state index in [1.54, 1.807) is 4.90 Å². The molecule has 28 heavy (non-hydrogen) atoms. The summed E-state index contributed by atoms with van der Waals surface area (Å²) in [6, 6.07) is 3.15. The number of fused-ring (bicyclic) bond motifs is 1. The zero-order valence-corrected chi connectivity index (χ0v) is 14.9. The Bertz CT molecular complexity index is 886. The minimum atomic E-state index is -0.699. The quantitative estimate of drug-likeness (QED) is 0.871. The van der Waals surface area contributed by atoms with Crippen molar-refractivity contribution in [3.05, 3.63) is 42.2 Å². The summed E-state index contributed by atoms with van der Waals surface area (Å²) in [4.78, 5) is 33.7. The highest BCUT2D eigenvalue weighted by Crippen LogP contribution is 2.29. The summed E-state index contributed by atoms with van der Waals surface area (Å²) in [5, 5.41) is 2.69. The van der Waals surface area contributed by atoms with Gasteiger partial charge in [-0.1, -0.05) is 0 Å². The number of hydrogen-bond acceptors (Lipinski definition) is 5. The monoisotopic (exact) mass is 388 g/mol. The second kappa shape index (κ2) is 7.49. The van der Waals surface area contributed by atoms with Gasteiger partial charge in [0, 0.05) is 24.6 Å². The third kappa shape index (κ3) is 3.92. The Kier molecular flexibility index (Phi) is 4.89. The van der Waals surface area contributed by atoms with Gasteiger partial charge in [0.05, 0.1) is 24.1 Å². The highest BCUT2D eigenvalue weighted by Gasteiger charge is 2.38. The number of carbonyl (C=O) groups excluding carboxylic acids is 2. The van der Waals surface area contributed by atoms with E-state index in [9.17, 15) is 18.4 Å². The molecule has 1 aromatic heterocycles. The van der Waals surface area contributed by atoms with Crippen molar-refractivity contribution in [2.75, 3.05) is 18.5 Å². The Labute approximate surface area is 159 Å². The number of ether oxygens (including phenoxy) is 1. The van der Waals surface area contributed by atoms with Crippen LogP contribution in [0.3, 0.4) is 0 Å². The van der Waals surface area contributed by atoms with E-state index in [4.69, 9.17) is 4.74 Å². The van der Waals surface area contributed by atoms with Crippen LogP contribution in [0, 0.1) is 17.6 Å². The molecule has 0 saturated carbocycles. The van der Waals surface area contributed by atoms with E-state index < -0.39 is 11.6 Å². The van der Waals surface area contributed by atoms with Gasteiger partial charge in [-0.2, -0.15) is 0 Å². The van der Waals surface area contributed by atoms with Crippen molar-refractivity contribution in [3.63, 3.8) is 0 Å². The zero-order valence-electron chi connectivity index (χ0n) is 14.9. The summed E-state index contributed by atoms with van der Waals surface area (Å²) in [6.45, 7) is 0.977. The largest absolute Gasteiger partial charge is 0.447 e. The molecule has 2 saturated heterocycles. The van der Waals surface area contributed by atoms with Crippen LogP contribution >= 0.6 is 0 Å². The number of benzene rings is 1. The van der Waals surface area contributed by atoms with Crippen LogP contribution in [0.25, 0.3) is 11.3 Å². The van der Waals surface area contributed by atoms with Crippen LogP contribution < -0.4 is 5.32 Å². The van der Waals surface area contributed by atoms with E-state index >= 15 is 0 Å². The molecule has 2 aliphatic heterocycles. The fourth-order valence-corrected chi connectivity index (χ4v) is 3.67. The number of nitrogens with one attached hydrogen (secondary N) is 1. The van der Waals surface area contributed by atoms with Crippen molar-refractivity contribution in [2.45, 2.75) is 25.3 Å². The standard InChI is InChI=1S/C19H18F2N4O3/c20-13-5-12(6-14(21)7-13)16-8-23-17(9-22-16)24-18(26)4-11-1-2-25-15(3-11)10-28-19(25)27/h5-9,11,15H,1-4,10H2,(H,23,24,26)/t11-,15+/m0/s1. The van der Waals surface area contributed by atoms with E-state index in [0.29, 0.717) is 25.3 Å². The van der Waals surface area contributed by atoms with E-state index in [1.165, 1.54) is 12.4 Å². The topological polar surface area (TPSA) is 84.4 Å². The van der Waals surface area contributed by atoms with Crippen LogP contribution in [0.1, 0.15) is 19.3 Å². The number of piperidine rings is 1. The highest BCUT2D eigenvalue weighted by atomic mass is 19.1. The molecule has 0 aliphatic carbocycles. The maximum Gasteiger partial charge on any atom is 0.410 e. The predicted octanol–water partition coefficient (Wildman–Crippen LogP) is 2.98. The van der Waals surface area contributed by atoms with Crippen molar-refractivity contribution >= 4 is 17.8 Å². The molecular weight excluding hydrogens is 370 g/mol.